The Hall–Kier alpha value is -2.48. The molecule has 0 saturated heterocycles. The Bertz CT molecular complexity index is 945. The van der Waals surface area contributed by atoms with Crippen molar-refractivity contribution in [3.63, 3.8) is 0 Å². The van der Waals surface area contributed by atoms with E-state index in [0.29, 0.717) is 22.0 Å². The number of nitrogens with zero attached hydrogens (tertiary/aromatic N) is 2. The minimum Gasteiger partial charge on any atom is -0.462 e. The average Bonchev–Trinajstić information content (AvgIpc) is 2.96. The summed E-state index contributed by atoms with van der Waals surface area (Å²) in [7, 11) is 0. The van der Waals surface area contributed by atoms with E-state index in [0.717, 1.165) is 36.1 Å². The smallest absolute Gasteiger partial charge is 0.348 e. The molecule has 2 aromatic heterocycles. The molecule has 0 bridgehead atoms. The predicted octanol–water partition coefficient (Wildman–Crippen LogP) is 2.62. The second-order valence-corrected chi connectivity index (χ2v) is 7.70. The molecule has 3 rings (SSSR count). The van der Waals surface area contributed by atoms with Gasteiger partial charge in [-0.3, -0.25) is 9.36 Å². The molecule has 1 aliphatic rings. The summed E-state index contributed by atoms with van der Waals surface area (Å²) >= 11 is 1.43. The topological polar surface area (TPSA) is 90.3 Å². The number of fused-ring (bicyclic) bond motifs is 1. The van der Waals surface area contributed by atoms with Crippen molar-refractivity contribution in [1.29, 1.82) is 0 Å². The maximum Gasteiger partial charge on any atom is 0.348 e. The van der Waals surface area contributed by atoms with Crippen molar-refractivity contribution in [3.8, 4) is 0 Å². The third-order valence-electron chi connectivity index (χ3n) is 4.55. The predicted molar refractivity (Wildman–Crippen MR) is 104 cm³/mol. The van der Waals surface area contributed by atoms with E-state index in [-0.39, 0.29) is 19.1 Å². The molecule has 0 spiro atoms. The van der Waals surface area contributed by atoms with Crippen LogP contribution in [-0.2, 0) is 28.9 Å². The quantitative estimate of drug-likeness (QED) is 0.794. The summed E-state index contributed by atoms with van der Waals surface area (Å²) in [5.41, 5.74) is 2.28. The van der Waals surface area contributed by atoms with Crippen LogP contribution in [0.25, 0.3) is 0 Å². The lowest BCUT2D eigenvalue weighted by Gasteiger charge is -2.12. The summed E-state index contributed by atoms with van der Waals surface area (Å²) < 4.78 is 6.51. The highest BCUT2D eigenvalue weighted by atomic mass is 32.1. The first kappa shape index (κ1) is 19.3. The molecule has 0 aliphatic heterocycles. The first-order chi connectivity index (χ1) is 12.9. The van der Waals surface area contributed by atoms with Crippen molar-refractivity contribution in [2.45, 2.75) is 53.0 Å². The van der Waals surface area contributed by atoms with Crippen molar-refractivity contribution >= 4 is 28.2 Å². The van der Waals surface area contributed by atoms with Gasteiger partial charge in [-0.1, -0.05) is 0 Å². The molecular formula is C19H23N3O4S. The number of carbonyl (C=O) groups excluding carboxylic acids is 2. The number of hydrogen-bond donors (Lipinski definition) is 1. The van der Waals surface area contributed by atoms with Gasteiger partial charge in [-0.2, -0.15) is 4.98 Å². The fraction of sp³-hybridized carbons (Fsp3) is 0.474. The number of amides is 1. The van der Waals surface area contributed by atoms with E-state index in [1.165, 1.54) is 15.9 Å². The van der Waals surface area contributed by atoms with E-state index >= 15 is 0 Å². The van der Waals surface area contributed by atoms with E-state index in [9.17, 15) is 14.4 Å². The Morgan fingerprint density at radius 2 is 2.04 bits per heavy atom. The van der Waals surface area contributed by atoms with Gasteiger partial charge < -0.3 is 10.1 Å². The highest BCUT2D eigenvalue weighted by Gasteiger charge is 2.27. The number of esters is 1. The van der Waals surface area contributed by atoms with Crippen LogP contribution in [0.1, 0.15) is 52.0 Å². The molecule has 144 valence electrons. The van der Waals surface area contributed by atoms with Crippen LogP contribution in [0.4, 0.5) is 5.00 Å². The van der Waals surface area contributed by atoms with Gasteiger partial charge in [0.15, 0.2) is 0 Å². The zero-order chi connectivity index (χ0) is 19.6. The van der Waals surface area contributed by atoms with Gasteiger partial charge in [0.25, 0.3) is 0 Å². The summed E-state index contributed by atoms with van der Waals surface area (Å²) in [5, 5.41) is 3.33. The van der Waals surface area contributed by atoms with E-state index in [1.807, 2.05) is 0 Å². The number of anilines is 1. The van der Waals surface area contributed by atoms with Crippen LogP contribution in [0.2, 0.25) is 0 Å². The number of carbonyl (C=O) groups is 2. The third-order valence-corrected chi connectivity index (χ3v) is 5.76. The summed E-state index contributed by atoms with van der Waals surface area (Å²) in [6.07, 6.45) is 3.82. The average molecular weight is 389 g/mol. The Morgan fingerprint density at radius 1 is 1.30 bits per heavy atom. The molecule has 0 aromatic carbocycles. The molecule has 0 fully saturated rings. The first-order valence-corrected chi connectivity index (χ1v) is 9.89. The monoisotopic (exact) mass is 389 g/mol. The van der Waals surface area contributed by atoms with Crippen molar-refractivity contribution in [1.82, 2.24) is 9.55 Å². The maximum atomic E-state index is 12.6. The molecule has 2 aromatic rings. The molecule has 1 aliphatic carbocycles. The summed E-state index contributed by atoms with van der Waals surface area (Å²) in [6.45, 7) is 5.38. The molecule has 1 amide bonds. The minimum absolute atomic E-state index is 0.150. The normalized spacial score (nSPS) is 13.1. The van der Waals surface area contributed by atoms with E-state index in [2.05, 4.69) is 10.3 Å². The number of aromatic nitrogens is 2. The largest absolute Gasteiger partial charge is 0.462 e. The van der Waals surface area contributed by atoms with Gasteiger partial charge in [0.05, 0.1) is 12.2 Å². The van der Waals surface area contributed by atoms with Gasteiger partial charge >= 0.3 is 11.7 Å². The SMILES string of the molecule is CCOC(=O)c1c(NC(=O)Cn2c(C)cc(C)nc2=O)sc2c1CCCC2. The third kappa shape index (κ3) is 4.10. The Morgan fingerprint density at radius 3 is 2.74 bits per heavy atom. The van der Waals surface area contributed by atoms with Gasteiger partial charge in [-0.05, 0) is 58.1 Å². The van der Waals surface area contributed by atoms with Crippen LogP contribution in [-0.4, -0.2) is 28.0 Å². The van der Waals surface area contributed by atoms with Crippen LogP contribution >= 0.6 is 11.3 Å². The lowest BCUT2D eigenvalue weighted by molar-refractivity contribution is -0.116. The molecule has 7 nitrogen and oxygen atoms in total. The fourth-order valence-corrected chi connectivity index (χ4v) is 4.64. The van der Waals surface area contributed by atoms with Crippen LogP contribution < -0.4 is 11.0 Å². The molecule has 8 heteroatoms. The number of ether oxygens (including phenoxy) is 1. The summed E-state index contributed by atoms with van der Waals surface area (Å²) in [4.78, 5) is 42.1. The van der Waals surface area contributed by atoms with Crippen LogP contribution in [0.3, 0.4) is 0 Å². The highest BCUT2D eigenvalue weighted by Crippen LogP contribution is 2.38. The second-order valence-electron chi connectivity index (χ2n) is 6.59. The molecule has 0 atom stereocenters. The maximum absolute atomic E-state index is 12.6. The van der Waals surface area contributed by atoms with E-state index < -0.39 is 11.7 Å². The molecule has 2 heterocycles. The van der Waals surface area contributed by atoms with Gasteiger partial charge in [-0.25, -0.2) is 9.59 Å². The van der Waals surface area contributed by atoms with Crippen molar-refractivity contribution in [2.24, 2.45) is 0 Å². The van der Waals surface area contributed by atoms with Crippen LogP contribution in [0.5, 0.6) is 0 Å². The standard InChI is InChI=1S/C19H23N3O4S/c1-4-26-18(24)16-13-7-5-6-8-14(13)27-17(16)21-15(23)10-22-12(3)9-11(2)20-19(22)25/h9H,4-8,10H2,1-3H3,(H,21,23). The van der Waals surface area contributed by atoms with Gasteiger partial charge in [0.2, 0.25) is 5.91 Å². The Labute approximate surface area is 161 Å². The number of hydrogen-bond acceptors (Lipinski definition) is 6. The van der Waals surface area contributed by atoms with Gasteiger partial charge in [0, 0.05) is 16.3 Å². The lowest BCUT2D eigenvalue weighted by atomic mass is 9.95. The van der Waals surface area contributed by atoms with Crippen molar-refractivity contribution < 1.29 is 14.3 Å². The Balaban J connectivity index is 1.87. The van der Waals surface area contributed by atoms with Crippen molar-refractivity contribution in [2.75, 3.05) is 11.9 Å². The molecular weight excluding hydrogens is 366 g/mol. The molecule has 0 saturated carbocycles. The lowest BCUT2D eigenvalue weighted by Crippen LogP contribution is -2.31. The van der Waals surface area contributed by atoms with Gasteiger partial charge in [0.1, 0.15) is 11.5 Å². The van der Waals surface area contributed by atoms with Crippen LogP contribution in [0.15, 0.2) is 10.9 Å². The van der Waals surface area contributed by atoms with Crippen molar-refractivity contribution in [3.05, 3.63) is 43.9 Å². The number of aryl methyl sites for hydroxylation is 3. The zero-order valence-electron chi connectivity index (χ0n) is 15.8. The second kappa shape index (κ2) is 8.04. The molecule has 27 heavy (non-hydrogen) atoms. The minimum atomic E-state index is -0.459. The number of rotatable bonds is 5. The highest BCUT2D eigenvalue weighted by molar-refractivity contribution is 7.17. The Kier molecular flexibility index (Phi) is 5.74. The summed E-state index contributed by atoms with van der Waals surface area (Å²) in [6, 6.07) is 1.75. The molecule has 0 radical (unpaired) electrons. The van der Waals surface area contributed by atoms with E-state index in [4.69, 9.17) is 4.74 Å². The zero-order valence-corrected chi connectivity index (χ0v) is 16.6. The molecule has 0 unspecified atom stereocenters. The number of thiophene rings is 1. The number of nitrogens with one attached hydrogen (secondary N) is 1. The van der Waals surface area contributed by atoms with Crippen LogP contribution in [0, 0.1) is 13.8 Å². The molecule has 1 N–H and O–H groups in total. The fourth-order valence-electron chi connectivity index (χ4n) is 3.35. The summed E-state index contributed by atoms with van der Waals surface area (Å²) in [5.74, 6) is -0.771. The van der Waals surface area contributed by atoms with E-state index in [1.54, 1.807) is 26.8 Å². The first-order valence-electron chi connectivity index (χ1n) is 9.07. The van der Waals surface area contributed by atoms with Gasteiger partial charge in [-0.15, -0.1) is 11.3 Å².